The zero-order valence-electron chi connectivity index (χ0n) is 13.0. The first-order chi connectivity index (χ1) is 11.9. The molecule has 1 fully saturated rings. The van der Waals surface area contributed by atoms with Gasteiger partial charge < -0.3 is 9.52 Å². The molecule has 0 unspecified atom stereocenters. The molecule has 0 radical (unpaired) electrons. The first-order valence-electron chi connectivity index (χ1n) is 7.18. The largest absolute Gasteiger partial charge is 0.478 e. The third-order valence-corrected chi connectivity index (χ3v) is 3.52. The molecular weight excluding hydrogens is 328 g/mol. The summed E-state index contributed by atoms with van der Waals surface area (Å²) < 4.78 is 5.32. The van der Waals surface area contributed by atoms with Gasteiger partial charge in [0.15, 0.2) is 0 Å². The van der Waals surface area contributed by atoms with E-state index in [4.69, 9.17) is 9.52 Å². The number of benzene rings is 1. The van der Waals surface area contributed by atoms with Crippen molar-refractivity contribution in [3.63, 3.8) is 0 Å². The highest BCUT2D eigenvalue weighted by Crippen LogP contribution is 2.22. The molecule has 2 aromatic rings. The average molecular weight is 340 g/mol. The van der Waals surface area contributed by atoms with Crippen molar-refractivity contribution >= 4 is 35.6 Å². The van der Waals surface area contributed by atoms with Crippen LogP contribution in [0.4, 0.5) is 10.5 Å². The van der Waals surface area contributed by atoms with Gasteiger partial charge in [-0.1, -0.05) is 0 Å². The lowest BCUT2D eigenvalue weighted by Gasteiger charge is -2.26. The second-order valence-electron chi connectivity index (χ2n) is 5.26. The van der Waals surface area contributed by atoms with E-state index in [0.717, 1.165) is 4.90 Å². The van der Waals surface area contributed by atoms with Crippen LogP contribution in [0.5, 0.6) is 0 Å². The highest BCUT2D eigenvalue weighted by Gasteiger charge is 2.37. The summed E-state index contributed by atoms with van der Waals surface area (Å²) in [6.45, 7) is 1.71. The van der Waals surface area contributed by atoms with Crippen LogP contribution in [-0.2, 0) is 9.59 Å². The van der Waals surface area contributed by atoms with Crippen molar-refractivity contribution in [3.05, 3.63) is 59.1 Å². The number of urea groups is 1. The quantitative estimate of drug-likeness (QED) is 0.651. The Morgan fingerprint density at radius 2 is 1.80 bits per heavy atom. The van der Waals surface area contributed by atoms with Crippen LogP contribution in [0, 0.1) is 6.92 Å². The summed E-state index contributed by atoms with van der Waals surface area (Å²) in [5, 5.41) is 11.0. The van der Waals surface area contributed by atoms with Gasteiger partial charge >= 0.3 is 12.0 Å². The van der Waals surface area contributed by atoms with Crippen LogP contribution < -0.4 is 10.2 Å². The van der Waals surface area contributed by atoms with Crippen molar-refractivity contribution in [2.24, 2.45) is 0 Å². The molecule has 3 rings (SSSR count). The van der Waals surface area contributed by atoms with Gasteiger partial charge in [-0.25, -0.2) is 14.5 Å². The molecule has 2 heterocycles. The maximum absolute atomic E-state index is 12.6. The SMILES string of the molecule is Cc1ccc(/C=C2\C(=O)NC(=O)N(c3ccc(C(=O)O)cc3)C2=O)o1. The Morgan fingerprint density at radius 3 is 2.36 bits per heavy atom. The van der Waals surface area contributed by atoms with Crippen molar-refractivity contribution in [1.29, 1.82) is 0 Å². The van der Waals surface area contributed by atoms with E-state index in [-0.39, 0.29) is 16.8 Å². The number of hydrogen-bond donors (Lipinski definition) is 2. The van der Waals surface area contributed by atoms with Crippen molar-refractivity contribution in [2.75, 3.05) is 4.90 Å². The lowest BCUT2D eigenvalue weighted by atomic mass is 10.1. The second kappa shape index (κ2) is 6.08. The first-order valence-corrected chi connectivity index (χ1v) is 7.18. The third-order valence-electron chi connectivity index (χ3n) is 3.52. The molecule has 0 spiro atoms. The molecule has 1 saturated heterocycles. The highest BCUT2D eigenvalue weighted by molar-refractivity contribution is 6.39. The summed E-state index contributed by atoms with van der Waals surface area (Å²) in [6.07, 6.45) is 1.25. The Bertz CT molecular complexity index is 923. The van der Waals surface area contributed by atoms with Crippen molar-refractivity contribution in [3.8, 4) is 0 Å². The number of aromatic carboxylic acids is 1. The molecule has 0 aliphatic carbocycles. The number of imide groups is 2. The van der Waals surface area contributed by atoms with Crippen molar-refractivity contribution in [1.82, 2.24) is 5.32 Å². The van der Waals surface area contributed by atoms with Gasteiger partial charge in [-0.3, -0.25) is 14.9 Å². The number of hydrogen-bond acceptors (Lipinski definition) is 5. The molecule has 1 aliphatic heterocycles. The number of carboxylic acid groups (broad SMARTS) is 1. The molecule has 0 atom stereocenters. The minimum Gasteiger partial charge on any atom is -0.478 e. The summed E-state index contributed by atoms with van der Waals surface area (Å²) in [6, 6.07) is 7.49. The van der Waals surface area contributed by atoms with Gasteiger partial charge in [0.05, 0.1) is 11.3 Å². The van der Waals surface area contributed by atoms with E-state index in [9.17, 15) is 19.2 Å². The number of carbonyl (C=O) groups is 4. The van der Waals surface area contributed by atoms with Crippen molar-refractivity contribution < 1.29 is 28.7 Å². The van der Waals surface area contributed by atoms with E-state index in [2.05, 4.69) is 5.32 Å². The van der Waals surface area contributed by atoms with Crippen molar-refractivity contribution in [2.45, 2.75) is 6.92 Å². The van der Waals surface area contributed by atoms with Crippen LogP contribution >= 0.6 is 0 Å². The molecule has 25 heavy (non-hydrogen) atoms. The van der Waals surface area contributed by atoms with Gasteiger partial charge in [0.25, 0.3) is 11.8 Å². The zero-order chi connectivity index (χ0) is 18.1. The minimum absolute atomic E-state index is 0.00604. The molecule has 1 aliphatic rings. The number of carbonyl (C=O) groups excluding carboxylic acids is 3. The van der Waals surface area contributed by atoms with Gasteiger partial charge in [-0.05, 0) is 49.4 Å². The van der Waals surface area contributed by atoms with Crippen LogP contribution in [0.1, 0.15) is 21.9 Å². The molecule has 8 heteroatoms. The Morgan fingerprint density at radius 1 is 1.12 bits per heavy atom. The monoisotopic (exact) mass is 340 g/mol. The number of nitrogens with zero attached hydrogens (tertiary/aromatic N) is 1. The highest BCUT2D eigenvalue weighted by atomic mass is 16.4. The predicted molar refractivity (Wildman–Crippen MR) is 85.8 cm³/mol. The first kappa shape index (κ1) is 16.2. The maximum Gasteiger partial charge on any atom is 0.335 e. The second-order valence-corrected chi connectivity index (χ2v) is 5.26. The van der Waals surface area contributed by atoms with Crippen LogP contribution in [0.25, 0.3) is 6.08 Å². The summed E-state index contributed by atoms with van der Waals surface area (Å²) in [7, 11) is 0. The van der Waals surface area contributed by atoms with E-state index in [1.807, 2.05) is 0 Å². The van der Waals surface area contributed by atoms with E-state index in [0.29, 0.717) is 11.5 Å². The molecule has 2 N–H and O–H groups in total. The van der Waals surface area contributed by atoms with Gasteiger partial charge in [-0.2, -0.15) is 0 Å². The number of rotatable bonds is 3. The molecular formula is C17H12N2O6. The molecule has 126 valence electrons. The number of furan rings is 1. The summed E-state index contributed by atoms with van der Waals surface area (Å²) in [5.41, 5.74) is -0.121. The standard InChI is InChI=1S/C17H12N2O6/c1-9-2-7-12(25-9)8-13-14(20)18-17(24)19(15(13)21)11-5-3-10(4-6-11)16(22)23/h2-8H,1H3,(H,22,23)(H,18,20,24)/b13-8+. The lowest BCUT2D eigenvalue weighted by molar-refractivity contribution is -0.122. The van der Waals surface area contributed by atoms with Crippen LogP contribution in [0.2, 0.25) is 0 Å². The zero-order valence-corrected chi connectivity index (χ0v) is 13.0. The average Bonchev–Trinajstić information content (AvgIpc) is 2.97. The number of carboxylic acids is 1. The molecule has 0 saturated carbocycles. The summed E-state index contributed by atoms with van der Waals surface area (Å²) in [5.74, 6) is -1.89. The van der Waals surface area contributed by atoms with Crippen LogP contribution in [0.15, 0.2) is 46.4 Å². The van der Waals surface area contributed by atoms with E-state index >= 15 is 0 Å². The third kappa shape index (κ3) is 3.05. The number of nitrogens with one attached hydrogen (secondary N) is 1. The van der Waals surface area contributed by atoms with E-state index in [1.165, 1.54) is 30.3 Å². The molecule has 8 nitrogen and oxygen atoms in total. The van der Waals surface area contributed by atoms with E-state index < -0.39 is 23.8 Å². The van der Waals surface area contributed by atoms with E-state index in [1.54, 1.807) is 19.1 Å². The summed E-state index contributed by atoms with van der Waals surface area (Å²) >= 11 is 0. The van der Waals surface area contributed by atoms with Crippen LogP contribution in [-0.4, -0.2) is 28.9 Å². The number of anilines is 1. The lowest BCUT2D eigenvalue weighted by Crippen LogP contribution is -2.54. The van der Waals surface area contributed by atoms with Gasteiger partial charge in [0, 0.05) is 0 Å². The Hall–Kier alpha value is -3.68. The topological polar surface area (TPSA) is 117 Å². The van der Waals surface area contributed by atoms with Gasteiger partial charge in [-0.15, -0.1) is 0 Å². The molecule has 1 aromatic carbocycles. The molecule has 0 bridgehead atoms. The molecule has 4 amide bonds. The number of amides is 4. The summed E-state index contributed by atoms with van der Waals surface area (Å²) in [4.78, 5) is 48.3. The smallest absolute Gasteiger partial charge is 0.335 e. The Labute approximate surface area is 141 Å². The van der Waals surface area contributed by atoms with Crippen LogP contribution in [0.3, 0.4) is 0 Å². The number of aryl methyl sites for hydroxylation is 1. The fraction of sp³-hybridized carbons (Fsp3) is 0.0588. The normalized spacial score (nSPS) is 16.3. The van der Waals surface area contributed by atoms with Gasteiger partial charge in [0.2, 0.25) is 0 Å². The maximum atomic E-state index is 12.6. The Kier molecular flexibility index (Phi) is 3.94. The Balaban J connectivity index is 1.98. The van der Waals surface area contributed by atoms with Gasteiger partial charge in [0.1, 0.15) is 17.1 Å². The fourth-order valence-corrected chi connectivity index (χ4v) is 2.32. The molecule has 1 aromatic heterocycles. The predicted octanol–water partition coefficient (Wildman–Crippen LogP) is 1.95. The fourth-order valence-electron chi connectivity index (χ4n) is 2.32. The number of barbiturate groups is 1. The minimum atomic E-state index is -1.13.